The predicted molar refractivity (Wildman–Crippen MR) is 69.4 cm³/mol. The molecule has 2 aromatic rings. The van der Waals surface area contributed by atoms with E-state index in [-0.39, 0.29) is 17.1 Å². The van der Waals surface area contributed by atoms with Crippen LogP contribution in [0.2, 0.25) is 0 Å². The van der Waals surface area contributed by atoms with Gasteiger partial charge in [-0.1, -0.05) is 6.07 Å². The van der Waals surface area contributed by atoms with Gasteiger partial charge in [0.05, 0.1) is 18.2 Å². The number of fused-ring (bicyclic) bond motifs is 3. The van der Waals surface area contributed by atoms with Gasteiger partial charge in [0.25, 0.3) is 0 Å². The van der Waals surface area contributed by atoms with Gasteiger partial charge in [-0.3, -0.25) is 9.59 Å². The molecular formula is C14H10O7. The molecule has 0 fully saturated rings. The van der Waals surface area contributed by atoms with Crippen molar-refractivity contribution in [2.75, 3.05) is 0 Å². The maximum absolute atomic E-state index is 11.8. The van der Waals surface area contributed by atoms with Crippen molar-refractivity contribution >= 4 is 5.97 Å². The number of carboxylic acids is 1. The number of carbonyl (C=O) groups is 1. The number of hydrogen-bond acceptors (Lipinski definition) is 6. The number of phenols is 2. The molecule has 1 aliphatic rings. The first kappa shape index (κ1) is 13.0. The van der Waals surface area contributed by atoms with Crippen molar-refractivity contribution in [3.63, 3.8) is 0 Å². The molecule has 7 heteroatoms. The van der Waals surface area contributed by atoms with Crippen molar-refractivity contribution in [2.45, 2.75) is 12.5 Å². The second-order valence-electron chi connectivity index (χ2n) is 4.54. The minimum absolute atomic E-state index is 0.0347. The maximum atomic E-state index is 11.8. The van der Waals surface area contributed by atoms with Gasteiger partial charge in [0.15, 0.2) is 17.3 Å². The zero-order chi connectivity index (χ0) is 15.1. The van der Waals surface area contributed by atoms with Gasteiger partial charge in [0, 0.05) is 11.6 Å². The molecule has 0 bridgehead atoms. The Hall–Kier alpha value is -2.96. The van der Waals surface area contributed by atoms with Gasteiger partial charge in [0.1, 0.15) is 6.10 Å². The molecule has 0 spiro atoms. The Morgan fingerprint density at radius 1 is 1.24 bits per heavy atom. The number of rotatable bonds is 2. The van der Waals surface area contributed by atoms with Crippen LogP contribution in [0.5, 0.6) is 17.2 Å². The molecule has 0 amide bonds. The molecule has 3 rings (SSSR count). The van der Waals surface area contributed by atoms with E-state index in [1.54, 1.807) is 0 Å². The Morgan fingerprint density at radius 2 is 2.00 bits per heavy atom. The quantitative estimate of drug-likeness (QED) is 0.719. The van der Waals surface area contributed by atoms with E-state index in [0.29, 0.717) is 5.56 Å². The van der Waals surface area contributed by atoms with E-state index in [0.717, 1.165) is 12.3 Å². The second kappa shape index (κ2) is 4.55. The monoisotopic (exact) mass is 290 g/mol. The molecular weight excluding hydrogens is 280 g/mol. The van der Waals surface area contributed by atoms with Crippen LogP contribution in [-0.2, 0) is 4.79 Å². The highest BCUT2D eigenvalue weighted by Crippen LogP contribution is 2.48. The van der Waals surface area contributed by atoms with Crippen molar-refractivity contribution in [3.8, 4) is 28.6 Å². The van der Waals surface area contributed by atoms with Gasteiger partial charge in [-0.05, 0) is 6.07 Å². The van der Waals surface area contributed by atoms with Gasteiger partial charge in [0.2, 0.25) is 11.2 Å². The number of benzene rings is 1. The lowest BCUT2D eigenvalue weighted by molar-refractivity contribution is -0.139. The minimum Gasteiger partial charge on any atom is -0.504 e. The third-order valence-corrected chi connectivity index (χ3v) is 3.22. The third-order valence-electron chi connectivity index (χ3n) is 3.22. The van der Waals surface area contributed by atoms with Gasteiger partial charge in [-0.15, -0.1) is 0 Å². The Balaban J connectivity index is 2.30. The summed E-state index contributed by atoms with van der Waals surface area (Å²) in [5.41, 5.74) is -0.102. The van der Waals surface area contributed by atoms with Crippen molar-refractivity contribution in [2.24, 2.45) is 0 Å². The Kier molecular flexibility index (Phi) is 2.83. The van der Waals surface area contributed by atoms with E-state index in [1.165, 1.54) is 12.1 Å². The molecule has 1 unspecified atom stereocenters. The minimum atomic E-state index is -1.12. The Labute approximate surface area is 117 Å². The van der Waals surface area contributed by atoms with Crippen LogP contribution in [0, 0.1) is 0 Å². The molecule has 1 aromatic carbocycles. The molecule has 3 N–H and O–H groups in total. The second-order valence-corrected chi connectivity index (χ2v) is 4.54. The van der Waals surface area contributed by atoms with Crippen LogP contribution in [0.3, 0.4) is 0 Å². The average Bonchev–Trinajstić information content (AvgIpc) is 2.43. The molecule has 108 valence electrons. The number of aliphatic carboxylic acids is 1. The highest BCUT2D eigenvalue weighted by atomic mass is 16.5. The summed E-state index contributed by atoms with van der Waals surface area (Å²) < 4.78 is 10.6. The summed E-state index contributed by atoms with van der Waals surface area (Å²) in [6.07, 6.45) is -0.220. The van der Waals surface area contributed by atoms with Crippen molar-refractivity contribution in [3.05, 3.63) is 40.2 Å². The first-order valence-corrected chi connectivity index (χ1v) is 6.04. The SMILES string of the molecule is O=C(O)CC1Oc2c(occc2=O)-c2c1ccc(O)c2O. The number of hydrogen-bond donors (Lipinski definition) is 3. The molecule has 1 aromatic heterocycles. The van der Waals surface area contributed by atoms with E-state index in [4.69, 9.17) is 14.3 Å². The van der Waals surface area contributed by atoms with Gasteiger partial charge in [-0.2, -0.15) is 0 Å². The summed E-state index contributed by atoms with van der Waals surface area (Å²) in [5.74, 6) is -2.23. The lowest BCUT2D eigenvalue weighted by atomic mass is 9.94. The molecule has 2 heterocycles. The fourth-order valence-corrected chi connectivity index (χ4v) is 2.31. The van der Waals surface area contributed by atoms with E-state index in [9.17, 15) is 19.8 Å². The molecule has 0 radical (unpaired) electrons. The van der Waals surface area contributed by atoms with Crippen LogP contribution < -0.4 is 10.2 Å². The molecule has 0 saturated heterocycles. The summed E-state index contributed by atoms with van der Waals surface area (Å²) in [6, 6.07) is 3.77. The molecule has 21 heavy (non-hydrogen) atoms. The zero-order valence-corrected chi connectivity index (χ0v) is 10.6. The Bertz CT molecular complexity index is 790. The van der Waals surface area contributed by atoms with Gasteiger partial charge >= 0.3 is 5.97 Å². The third kappa shape index (κ3) is 1.99. The lowest BCUT2D eigenvalue weighted by Crippen LogP contribution is -2.21. The largest absolute Gasteiger partial charge is 0.504 e. The van der Waals surface area contributed by atoms with Crippen LogP contribution in [0.25, 0.3) is 11.3 Å². The standard InChI is InChI=1S/C14H10O7/c15-7-2-1-6-9(5-10(17)18)21-13-8(16)3-4-20-14(13)11(6)12(7)19/h1-4,9,15,19H,5H2,(H,17,18). The van der Waals surface area contributed by atoms with Gasteiger partial charge in [-0.25, -0.2) is 0 Å². The summed E-state index contributed by atoms with van der Waals surface area (Å²) in [5, 5.41) is 28.6. The molecule has 7 nitrogen and oxygen atoms in total. The summed E-state index contributed by atoms with van der Waals surface area (Å²) in [4.78, 5) is 22.8. The smallest absolute Gasteiger partial charge is 0.307 e. The maximum Gasteiger partial charge on any atom is 0.307 e. The summed E-state index contributed by atoms with van der Waals surface area (Å²) >= 11 is 0. The number of ether oxygens (including phenoxy) is 1. The molecule has 0 saturated carbocycles. The van der Waals surface area contributed by atoms with E-state index in [1.807, 2.05) is 0 Å². The fourth-order valence-electron chi connectivity index (χ4n) is 2.31. The van der Waals surface area contributed by atoms with Crippen molar-refractivity contribution < 1.29 is 29.3 Å². The van der Waals surface area contributed by atoms with E-state index >= 15 is 0 Å². The number of phenolic OH excluding ortho intramolecular Hbond substituents is 2. The number of aromatic hydroxyl groups is 2. The first-order chi connectivity index (χ1) is 9.99. The predicted octanol–water partition coefficient (Wildman–Crippen LogP) is 1.63. The van der Waals surface area contributed by atoms with Gasteiger partial charge < -0.3 is 24.5 Å². The zero-order valence-electron chi connectivity index (χ0n) is 10.6. The molecule has 1 atom stereocenters. The highest BCUT2D eigenvalue weighted by molar-refractivity contribution is 5.80. The molecule has 0 aliphatic carbocycles. The van der Waals surface area contributed by atoms with Crippen molar-refractivity contribution in [1.82, 2.24) is 0 Å². The van der Waals surface area contributed by atoms with Crippen molar-refractivity contribution in [1.29, 1.82) is 0 Å². The highest BCUT2D eigenvalue weighted by Gasteiger charge is 2.34. The number of carboxylic acid groups (broad SMARTS) is 1. The van der Waals surface area contributed by atoms with E-state index in [2.05, 4.69) is 0 Å². The van der Waals surface area contributed by atoms with Crippen LogP contribution in [-0.4, -0.2) is 21.3 Å². The summed E-state index contributed by atoms with van der Waals surface area (Å²) in [6.45, 7) is 0. The average molecular weight is 290 g/mol. The lowest BCUT2D eigenvalue weighted by Gasteiger charge is -2.26. The van der Waals surface area contributed by atoms with Crippen LogP contribution in [0.1, 0.15) is 18.1 Å². The van der Waals surface area contributed by atoms with E-state index < -0.39 is 35.4 Å². The Morgan fingerprint density at radius 3 is 2.71 bits per heavy atom. The molecule has 1 aliphatic heterocycles. The van der Waals surface area contributed by atoms with Crippen LogP contribution in [0.15, 0.2) is 33.7 Å². The summed E-state index contributed by atoms with van der Waals surface area (Å²) in [7, 11) is 0. The van der Waals surface area contributed by atoms with Crippen LogP contribution >= 0.6 is 0 Å². The normalized spacial score (nSPS) is 15.7. The fraction of sp³-hybridized carbons (Fsp3) is 0.143. The first-order valence-electron chi connectivity index (χ1n) is 6.04. The topological polar surface area (TPSA) is 117 Å². The van der Waals surface area contributed by atoms with Crippen LogP contribution in [0.4, 0.5) is 0 Å².